The van der Waals surface area contributed by atoms with E-state index in [4.69, 9.17) is 4.74 Å². The molecule has 31 heavy (non-hydrogen) atoms. The van der Waals surface area contributed by atoms with Crippen LogP contribution in [0.5, 0.6) is 5.75 Å². The van der Waals surface area contributed by atoms with E-state index in [1.165, 1.54) is 0 Å². The van der Waals surface area contributed by atoms with Gasteiger partial charge in [-0.1, -0.05) is 18.2 Å². The van der Waals surface area contributed by atoms with E-state index in [1.807, 2.05) is 48.9 Å². The maximum absolute atomic E-state index is 12.8. The van der Waals surface area contributed by atoms with Crippen molar-refractivity contribution < 1.29 is 9.53 Å². The summed E-state index contributed by atoms with van der Waals surface area (Å²) in [5.41, 5.74) is 2.29. The van der Waals surface area contributed by atoms with Crippen molar-refractivity contribution >= 4 is 11.6 Å². The van der Waals surface area contributed by atoms with Crippen molar-refractivity contribution in [1.29, 1.82) is 0 Å². The smallest absolute Gasteiger partial charge is 0.255 e. The van der Waals surface area contributed by atoms with E-state index in [0.29, 0.717) is 23.7 Å². The number of anilines is 1. The van der Waals surface area contributed by atoms with Gasteiger partial charge in [0.2, 0.25) is 0 Å². The van der Waals surface area contributed by atoms with Crippen molar-refractivity contribution in [3.63, 3.8) is 0 Å². The second-order valence-electron chi connectivity index (χ2n) is 7.34. The Balaban J connectivity index is 1.40. The molecule has 0 aliphatic heterocycles. The molecule has 0 saturated heterocycles. The molecular formula is C22H23N7O2. The predicted molar refractivity (Wildman–Crippen MR) is 115 cm³/mol. The third kappa shape index (κ3) is 5.13. The van der Waals surface area contributed by atoms with Crippen molar-refractivity contribution in [3.05, 3.63) is 84.2 Å². The fourth-order valence-electron chi connectivity index (χ4n) is 3.13. The van der Waals surface area contributed by atoms with Gasteiger partial charge in [-0.3, -0.25) is 4.79 Å². The van der Waals surface area contributed by atoms with E-state index < -0.39 is 0 Å². The molecule has 0 bridgehead atoms. The Morgan fingerprint density at radius 2 is 2.03 bits per heavy atom. The lowest BCUT2D eigenvalue weighted by atomic mass is 10.1. The number of nitrogens with zero attached hydrogens (tertiary/aromatic N) is 6. The molecule has 0 spiro atoms. The summed E-state index contributed by atoms with van der Waals surface area (Å²) in [6.45, 7) is 4.89. The number of hydrogen-bond donors (Lipinski definition) is 1. The largest absolute Gasteiger partial charge is 0.486 e. The zero-order valence-corrected chi connectivity index (χ0v) is 17.3. The Hall–Kier alpha value is -4.01. The Kier molecular flexibility index (Phi) is 6.02. The molecule has 2 aromatic carbocycles. The number of aromatic nitrogens is 6. The molecule has 4 aromatic rings. The molecule has 9 heteroatoms. The second-order valence-corrected chi connectivity index (χ2v) is 7.34. The lowest BCUT2D eigenvalue weighted by molar-refractivity contribution is 0.102. The van der Waals surface area contributed by atoms with E-state index in [1.54, 1.807) is 41.5 Å². The van der Waals surface area contributed by atoms with Gasteiger partial charge in [0.05, 0.1) is 12.4 Å². The topological polar surface area (TPSA) is 99.8 Å². The van der Waals surface area contributed by atoms with Crippen LogP contribution in [0.25, 0.3) is 0 Å². The Labute approximate surface area is 179 Å². The lowest BCUT2D eigenvalue weighted by Gasteiger charge is -2.11. The average Bonchev–Trinajstić information content (AvgIpc) is 3.45. The van der Waals surface area contributed by atoms with Gasteiger partial charge in [-0.15, -0.1) is 5.10 Å². The molecule has 0 saturated carbocycles. The third-order valence-electron chi connectivity index (χ3n) is 4.62. The molecule has 0 aliphatic rings. The molecule has 158 valence electrons. The number of amides is 1. The summed E-state index contributed by atoms with van der Waals surface area (Å²) in [4.78, 5) is 16.8. The molecule has 0 atom stereocenters. The molecule has 0 aliphatic carbocycles. The van der Waals surface area contributed by atoms with Gasteiger partial charge in [0.1, 0.15) is 12.4 Å². The zero-order valence-electron chi connectivity index (χ0n) is 17.3. The predicted octanol–water partition coefficient (Wildman–Crippen LogP) is 3.33. The van der Waals surface area contributed by atoms with E-state index in [2.05, 4.69) is 25.8 Å². The Bertz CT molecular complexity index is 1150. The van der Waals surface area contributed by atoms with Crippen LogP contribution in [0.15, 0.2) is 67.3 Å². The maximum Gasteiger partial charge on any atom is 0.255 e. The first-order chi connectivity index (χ1) is 15.1. The van der Waals surface area contributed by atoms with Crippen LogP contribution in [0.4, 0.5) is 5.69 Å². The van der Waals surface area contributed by atoms with Crippen molar-refractivity contribution in [2.24, 2.45) is 0 Å². The van der Waals surface area contributed by atoms with Crippen molar-refractivity contribution in [2.75, 3.05) is 5.32 Å². The van der Waals surface area contributed by atoms with Crippen LogP contribution in [0, 0.1) is 0 Å². The molecule has 2 heterocycles. The van der Waals surface area contributed by atoms with Gasteiger partial charge in [0, 0.05) is 30.2 Å². The van der Waals surface area contributed by atoms with Gasteiger partial charge in [0.15, 0.2) is 5.82 Å². The fraction of sp³-hybridized carbons (Fsp3) is 0.227. The molecule has 1 N–H and O–H groups in total. The highest BCUT2D eigenvalue weighted by Gasteiger charge is 2.11. The second kappa shape index (κ2) is 9.21. The number of imidazole rings is 1. The Morgan fingerprint density at radius 1 is 1.16 bits per heavy atom. The minimum absolute atomic E-state index is 0.134. The monoisotopic (exact) mass is 417 g/mol. The summed E-state index contributed by atoms with van der Waals surface area (Å²) in [6, 6.07) is 14.9. The molecule has 0 fully saturated rings. The summed E-state index contributed by atoms with van der Waals surface area (Å²) >= 11 is 0. The van der Waals surface area contributed by atoms with Gasteiger partial charge in [-0.25, -0.2) is 9.67 Å². The van der Waals surface area contributed by atoms with E-state index in [0.717, 1.165) is 11.3 Å². The number of tetrazole rings is 1. The molecule has 0 radical (unpaired) electrons. The zero-order chi connectivity index (χ0) is 21.6. The SMILES string of the molecule is CC(C)n1nnnc1COc1cccc(C(=O)Nc2cccc(Cn3ccnc3)c2)c1. The van der Waals surface area contributed by atoms with E-state index in [-0.39, 0.29) is 18.6 Å². The summed E-state index contributed by atoms with van der Waals surface area (Å²) in [5.74, 6) is 0.983. The normalized spacial score (nSPS) is 10.9. The van der Waals surface area contributed by atoms with Crippen LogP contribution in [0.1, 0.15) is 41.6 Å². The van der Waals surface area contributed by atoms with E-state index >= 15 is 0 Å². The molecule has 2 aromatic heterocycles. The minimum Gasteiger partial charge on any atom is -0.486 e. The molecule has 9 nitrogen and oxygen atoms in total. The van der Waals surface area contributed by atoms with Crippen molar-refractivity contribution in [1.82, 2.24) is 29.8 Å². The number of ether oxygens (including phenoxy) is 1. The number of carbonyl (C=O) groups excluding carboxylic acids is 1. The fourth-order valence-corrected chi connectivity index (χ4v) is 3.13. The number of carbonyl (C=O) groups is 1. The first-order valence-corrected chi connectivity index (χ1v) is 9.94. The third-order valence-corrected chi connectivity index (χ3v) is 4.62. The van der Waals surface area contributed by atoms with E-state index in [9.17, 15) is 4.79 Å². The first-order valence-electron chi connectivity index (χ1n) is 9.94. The molecule has 0 unspecified atom stereocenters. The van der Waals surface area contributed by atoms with Gasteiger partial charge in [-0.2, -0.15) is 0 Å². The number of rotatable bonds is 8. The van der Waals surface area contributed by atoms with Crippen LogP contribution < -0.4 is 10.1 Å². The highest BCUT2D eigenvalue weighted by atomic mass is 16.5. The van der Waals surface area contributed by atoms with Gasteiger partial charge >= 0.3 is 0 Å². The highest BCUT2D eigenvalue weighted by molar-refractivity contribution is 6.04. The standard InChI is InChI=1S/C22H23N7O2/c1-16(2)29-21(25-26-27-29)14-31-20-8-4-6-18(12-20)22(30)24-19-7-3-5-17(11-19)13-28-10-9-23-15-28/h3-12,15-16H,13-14H2,1-2H3,(H,24,30). The Morgan fingerprint density at radius 3 is 2.84 bits per heavy atom. The summed E-state index contributed by atoms with van der Waals surface area (Å²) in [5, 5.41) is 14.6. The van der Waals surface area contributed by atoms with Crippen LogP contribution in [-0.2, 0) is 13.2 Å². The molecule has 4 rings (SSSR count). The number of hydrogen-bond acceptors (Lipinski definition) is 6. The first kappa shape index (κ1) is 20.3. The van der Waals surface area contributed by atoms with Crippen molar-refractivity contribution in [3.8, 4) is 5.75 Å². The number of nitrogens with one attached hydrogen (secondary N) is 1. The summed E-state index contributed by atoms with van der Waals surface area (Å²) < 4.78 is 9.48. The van der Waals surface area contributed by atoms with Gasteiger partial charge in [-0.05, 0) is 60.2 Å². The summed E-state index contributed by atoms with van der Waals surface area (Å²) in [6.07, 6.45) is 5.40. The molecular weight excluding hydrogens is 394 g/mol. The van der Waals surface area contributed by atoms with Gasteiger partial charge in [0.25, 0.3) is 5.91 Å². The van der Waals surface area contributed by atoms with Crippen LogP contribution >= 0.6 is 0 Å². The average molecular weight is 417 g/mol. The van der Waals surface area contributed by atoms with Gasteiger partial charge < -0.3 is 14.6 Å². The molecule has 1 amide bonds. The van der Waals surface area contributed by atoms with Crippen LogP contribution in [0.2, 0.25) is 0 Å². The van der Waals surface area contributed by atoms with Crippen LogP contribution in [0.3, 0.4) is 0 Å². The van der Waals surface area contributed by atoms with Crippen LogP contribution in [-0.4, -0.2) is 35.7 Å². The lowest BCUT2D eigenvalue weighted by Crippen LogP contribution is -2.13. The highest BCUT2D eigenvalue weighted by Crippen LogP contribution is 2.18. The minimum atomic E-state index is -0.211. The quantitative estimate of drug-likeness (QED) is 0.472. The summed E-state index contributed by atoms with van der Waals surface area (Å²) in [7, 11) is 0. The number of benzene rings is 2. The van der Waals surface area contributed by atoms with Crippen molar-refractivity contribution in [2.45, 2.75) is 33.0 Å². The maximum atomic E-state index is 12.8.